The van der Waals surface area contributed by atoms with Crippen molar-refractivity contribution in [1.29, 1.82) is 0 Å². The van der Waals surface area contributed by atoms with Gasteiger partial charge in [-0.2, -0.15) is 0 Å². The van der Waals surface area contributed by atoms with E-state index < -0.39 is 23.6 Å². The molecule has 0 unspecified atom stereocenters. The molecule has 150 valence electrons. The maximum absolute atomic E-state index is 12.5. The van der Waals surface area contributed by atoms with Gasteiger partial charge in [0.05, 0.1) is 12.0 Å². The van der Waals surface area contributed by atoms with Crippen LogP contribution in [0.5, 0.6) is 0 Å². The molecule has 1 aromatic carbocycles. The highest BCUT2D eigenvalue weighted by molar-refractivity contribution is 7.20. The highest BCUT2D eigenvalue weighted by Crippen LogP contribution is 2.28. The molecule has 8 heteroatoms. The number of hydrogen-bond acceptors (Lipinski definition) is 7. The molecule has 0 fully saturated rings. The summed E-state index contributed by atoms with van der Waals surface area (Å²) in [6.45, 7) is 5.25. The van der Waals surface area contributed by atoms with Gasteiger partial charge in [-0.25, -0.2) is 14.6 Å². The van der Waals surface area contributed by atoms with Crippen LogP contribution in [0.3, 0.4) is 0 Å². The molecule has 3 aromatic rings. The average Bonchev–Trinajstić information content (AvgIpc) is 3.04. The lowest BCUT2D eigenvalue weighted by atomic mass is 10.2. The minimum atomic E-state index is -0.770. The summed E-state index contributed by atoms with van der Waals surface area (Å²) < 4.78 is 10.4. The number of carbonyl (C=O) groups excluding carboxylic acids is 2. The topological polar surface area (TPSA) is 98.3 Å². The summed E-state index contributed by atoms with van der Waals surface area (Å²) in [4.78, 5) is 44.4. The third kappa shape index (κ3) is 4.60. The van der Waals surface area contributed by atoms with E-state index in [2.05, 4.69) is 9.97 Å². The minimum Gasteiger partial charge on any atom is -0.462 e. The van der Waals surface area contributed by atoms with Gasteiger partial charge in [-0.1, -0.05) is 30.3 Å². The molecule has 0 aliphatic carbocycles. The number of esters is 2. The largest absolute Gasteiger partial charge is 0.462 e. The van der Waals surface area contributed by atoms with Crippen molar-refractivity contribution < 1.29 is 19.1 Å². The Balaban J connectivity index is 1.82. The van der Waals surface area contributed by atoms with Crippen molar-refractivity contribution in [3.8, 4) is 0 Å². The number of carbonyl (C=O) groups is 2. The van der Waals surface area contributed by atoms with Crippen LogP contribution >= 0.6 is 11.3 Å². The summed E-state index contributed by atoms with van der Waals surface area (Å²) in [6.07, 6.45) is 2.19. The first-order valence-electron chi connectivity index (χ1n) is 9.04. The number of aromatic amines is 1. The minimum absolute atomic E-state index is 0.209. The Morgan fingerprint density at radius 2 is 2.00 bits per heavy atom. The number of nitrogens with zero attached hydrogens (tertiary/aromatic N) is 1. The predicted octanol–water partition coefficient (Wildman–Crippen LogP) is 3.79. The van der Waals surface area contributed by atoms with E-state index in [9.17, 15) is 14.4 Å². The number of nitrogens with one attached hydrogen (secondary N) is 1. The monoisotopic (exact) mass is 412 g/mol. The zero-order valence-electron chi connectivity index (χ0n) is 16.2. The Labute approximate surface area is 171 Å². The Morgan fingerprint density at radius 1 is 1.28 bits per heavy atom. The number of fused-ring (bicyclic) bond motifs is 1. The fourth-order valence-corrected chi connectivity index (χ4v) is 3.82. The van der Waals surface area contributed by atoms with E-state index in [4.69, 9.17) is 9.47 Å². The van der Waals surface area contributed by atoms with Gasteiger partial charge in [-0.15, -0.1) is 11.3 Å². The second-order valence-electron chi connectivity index (χ2n) is 6.23. The maximum Gasteiger partial charge on any atom is 0.348 e. The highest BCUT2D eigenvalue weighted by atomic mass is 32.1. The number of thiophene rings is 1. The fourth-order valence-electron chi connectivity index (χ4n) is 2.74. The number of aryl methyl sites for hydroxylation is 1. The number of aromatic nitrogens is 2. The molecule has 2 heterocycles. The number of hydrogen-bond donors (Lipinski definition) is 1. The fraction of sp³-hybridized carbons (Fsp3) is 0.238. The number of ether oxygens (including phenoxy) is 2. The smallest absolute Gasteiger partial charge is 0.348 e. The second-order valence-corrected chi connectivity index (χ2v) is 7.23. The lowest BCUT2D eigenvalue weighted by Crippen LogP contribution is -2.16. The lowest BCUT2D eigenvalue weighted by molar-refractivity contribution is -0.142. The van der Waals surface area contributed by atoms with Gasteiger partial charge in [-0.05, 0) is 38.0 Å². The molecule has 0 amide bonds. The molecule has 1 atom stereocenters. The first-order chi connectivity index (χ1) is 13.9. The van der Waals surface area contributed by atoms with Gasteiger partial charge in [0.15, 0.2) is 11.9 Å². The van der Waals surface area contributed by atoms with Crippen LogP contribution < -0.4 is 5.56 Å². The van der Waals surface area contributed by atoms with E-state index >= 15 is 0 Å². The van der Waals surface area contributed by atoms with Gasteiger partial charge in [0.25, 0.3) is 5.56 Å². The van der Waals surface area contributed by atoms with Crippen LogP contribution in [0.2, 0.25) is 0 Å². The van der Waals surface area contributed by atoms with Crippen molar-refractivity contribution in [2.75, 3.05) is 6.61 Å². The average molecular weight is 412 g/mol. The molecule has 7 nitrogen and oxygen atoms in total. The zero-order chi connectivity index (χ0) is 21.0. The Bertz CT molecular complexity index is 1130. The molecule has 0 aliphatic rings. The second kappa shape index (κ2) is 8.83. The molecule has 0 aliphatic heterocycles. The zero-order valence-corrected chi connectivity index (χ0v) is 17.0. The van der Waals surface area contributed by atoms with Gasteiger partial charge >= 0.3 is 11.9 Å². The van der Waals surface area contributed by atoms with Crippen molar-refractivity contribution in [2.24, 2.45) is 0 Å². The number of H-pyrrole nitrogens is 1. The van der Waals surface area contributed by atoms with E-state index in [1.165, 1.54) is 6.08 Å². The van der Waals surface area contributed by atoms with Crippen LogP contribution in [-0.2, 0) is 14.3 Å². The van der Waals surface area contributed by atoms with Crippen LogP contribution in [0.4, 0.5) is 0 Å². The van der Waals surface area contributed by atoms with Crippen LogP contribution in [0.1, 0.15) is 46.6 Å². The summed E-state index contributed by atoms with van der Waals surface area (Å²) in [5, 5.41) is 0.337. The van der Waals surface area contributed by atoms with E-state index in [1.807, 2.05) is 30.3 Å². The molecule has 0 saturated carbocycles. The third-order valence-electron chi connectivity index (χ3n) is 4.17. The Kier molecular flexibility index (Phi) is 6.23. The lowest BCUT2D eigenvalue weighted by Gasteiger charge is -2.10. The van der Waals surface area contributed by atoms with E-state index in [0.717, 1.165) is 16.9 Å². The van der Waals surface area contributed by atoms with E-state index in [-0.39, 0.29) is 12.4 Å². The predicted molar refractivity (Wildman–Crippen MR) is 111 cm³/mol. The van der Waals surface area contributed by atoms with Crippen molar-refractivity contribution in [3.63, 3.8) is 0 Å². The van der Waals surface area contributed by atoms with Crippen LogP contribution in [0.25, 0.3) is 16.3 Å². The van der Waals surface area contributed by atoms with Crippen molar-refractivity contribution in [3.05, 3.63) is 68.6 Å². The summed E-state index contributed by atoms with van der Waals surface area (Å²) in [5.74, 6) is -0.834. The molecule has 0 spiro atoms. The maximum atomic E-state index is 12.5. The Hall–Kier alpha value is -3.26. The van der Waals surface area contributed by atoms with Gasteiger partial charge < -0.3 is 14.5 Å². The van der Waals surface area contributed by atoms with Crippen molar-refractivity contribution in [2.45, 2.75) is 26.9 Å². The molecule has 3 rings (SSSR count). The number of benzene rings is 1. The molecule has 29 heavy (non-hydrogen) atoms. The van der Waals surface area contributed by atoms with Crippen LogP contribution in [0.15, 0.2) is 41.2 Å². The van der Waals surface area contributed by atoms with Gasteiger partial charge in [0.1, 0.15) is 9.71 Å². The van der Waals surface area contributed by atoms with Crippen molar-refractivity contribution in [1.82, 2.24) is 9.97 Å². The summed E-state index contributed by atoms with van der Waals surface area (Å²) in [5.41, 5.74) is 1.00. The molecule has 0 bridgehead atoms. The molecular weight excluding hydrogens is 392 g/mol. The van der Waals surface area contributed by atoms with Crippen LogP contribution in [0, 0.1) is 6.92 Å². The molecular formula is C21H20N2O5S. The summed E-state index contributed by atoms with van der Waals surface area (Å²) in [6, 6.07) is 9.34. The summed E-state index contributed by atoms with van der Waals surface area (Å²) in [7, 11) is 0. The first-order valence-corrected chi connectivity index (χ1v) is 9.86. The third-order valence-corrected chi connectivity index (χ3v) is 5.33. The summed E-state index contributed by atoms with van der Waals surface area (Å²) >= 11 is 1.08. The quantitative estimate of drug-likeness (QED) is 0.489. The first kappa shape index (κ1) is 20.5. The Morgan fingerprint density at radius 3 is 2.69 bits per heavy atom. The van der Waals surface area contributed by atoms with Crippen LogP contribution in [-0.4, -0.2) is 28.5 Å². The van der Waals surface area contributed by atoms with Crippen molar-refractivity contribution >= 4 is 39.6 Å². The SMILES string of the molecule is CCOC(=O)c1sc2nc([C@H](C)OC(=O)/C=C/c3ccccc3)[nH]c(=O)c2c1C. The molecule has 0 saturated heterocycles. The van der Waals surface area contributed by atoms with E-state index in [0.29, 0.717) is 20.7 Å². The van der Waals surface area contributed by atoms with Gasteiger partial charge in [-0.3, -0.25) is 4.79 Å². The number of rotatable bonds is 6. The standard InChI is InChI=1S/C21H20N2O5S/c1-4-27-21(26)17-12(2)16-19(25)22-18(23-20(16)29-17)13(3)28-15(24)11-10-14-8-6-5-7-9-14/h5-11,13H,4H2,1-3H3,(H,22,23,25)/b11-10+/t13-/m0/s1. The molecule has 2 aromatic heterocycles. The molecule has 1 N–H and O–H groups in total. The van der Waals surface area contributed by atoms with E-state index in [1.54, 1.807) is 26.8 Å². The normalized spacial score (nSPS) is 12.2. The molecule has 0 radical (unpaired) electrons. The van der Waals surface area contributed by atoms with Gasteiger partial charge in [0, 0.05) is 6.08 Å². The van der Waals surface area contributed by atoms with Gasteiger partial charge in [0.2, 0.25) is 0 Å². The highest BCUT2D eigenvalue weighted by Gasteiger charge is 2.22.